The average Bonchev–Trinajstić information content (AvgIpc) is 2.73. The Bertz CT molecular complexity index is 870. The number of anilines is 2. The lowest BCUT2D eigenvalue weighted by molar-refractivity contribution is -0.120. The third kappa shape index (κ3) is 5.04. The van der Waals surface area contributed by atoms with Crippen LogP contribution < -0.4 is 10.6 Å². The van der Waals surface area contributed by atoms with Crippen LogP contribution >= 0.6 is 0 Å². The predicted octanol–water partition coefficient (Wildman–Crippen LogP) is 4.02. The molecule has 3 fully saturated rings. The second-order valence-corrected chi connectivity index (χ2v) is 8.33. The number of amides is 1. The molecule has 3 aliphatic heterocycles. The Kier molecular flexibility index (Phi) is 5.95. The third-order valence-electron chi connectivity index (χ3n) is 6.17. The van der Waals surface area contributed by atoms with E-state index in [-0.39, 0.29) is 5.91 Å². The normalized spacial score (nSPS) is 22.9. The molecule has 3 aliphatic rings. The van der Waals surface area contributed by atoms with Crippen LogP contribution in [0.5, 0.6) is 0 Å². The van der Waals surface area contributed by atoms with E-state index in [9.17, 15) is 9.59 Å². The average molecular weight is 392 g/mol. The van der Waals surface area contributed by atoms with Gasteiger partial charge in [-0.05, 0) is 73.2 Å². The molecule has 1 amide bonds. The zero-order valence-electron chi connectivity index (χ0n) is 17.0. The molecule has 2 bridgehead atoms. The lowest BCUT2D eigenvalue weighted by Gasteiger charge is -2.44. The summed E-state index contributed by atoms with van der Waals surface area (Å²) in [6.07, 6.45) is 3.22. The van der Waals surface area contributed by atoms with E-state index in [1.165, 1.54) is 32.9 Å². The molecule has 0 aromatic heterocycles. The van der Waals surface area contributed by atoms with Crippen molar-refractivity contribution in [1.82, 2.24) is 4.90 Å². The number of nitrogens with one attached hydrogen (secondary N) is 2. The Morgan fingerprint density at radius 2 is 1.76 bits per heavy atom. The highest BCUT2D eigenvalue weighted by molar-refractivity contribution is 5.89. The van der Waals surface area contributed by atoms with E-state index in [4.69, 9.17) is 0 Å². The van der Waals surface area contributed by atoms with Crippen molar-refractivity contribution in [3.8, 4) is 11.1 Å². The predicted molar refractivity (Wildman–Crippen MR) is 117 cm³/mol. The van der Waals surface area contributed by atoms with Crippen LogP contribution in [-0.2, 0) is 9.59 Å². The summed E-state index contributed by atoms with van der Waals surface area (Å²) in [6, 6.07) is 15.9. The molecular weight excluding hydrogens is 362 g/mol. The van der Waals surface area contributed by atoms with Crippen LogP contribution in [0.4, 0.5) is 11.4 Å². The molecule has 0 spiro atoms. The number of Topliss-reactive ketones (excluding diaryl/α,β-unsaturated/α-hetero) is 1. The summed E-state index contributed by atoms with van der Waals surface area (Å²) in [4.78, 5) is 26.2. The van der Waals surface area contributed by atoms with Gasteiger partial charge in [-0.3, -0.25) is 9.59 Å². The van der Waals surface area contributed by atoms with Crippen LogP contribution in [0.15, 0.2) is 48.5 Å². The molecule has 29 heavy (non-hydrogen) atoms. The Hall–Kier alpha value is -2.66. The van der Waals surface area contributed by atoms with Crippen molar-refractivity contribution in [2.24, 2.45) is 11.8 Å². The van der Waals surface area contributed by atoms with Gasteiger partial charge in [-0.1, -0.05) is 24.3 Å². The van der Waals surface area contributed by atoms with E-state index in [1.54, 1.807) is 0 Å². The van der Waals surface area contributed by atoms with Crippen molar-refractivity contribution < 1.29 is 9.59 Å². The van der Waals surface area contributed by atoms with E-state index in [0.717, 1.165) is 35.0 Å². The van der Waals surface area contributed by atoms with Crippen LogP contribution in [-0.4, -0.2) is 42.8 Å². The van der Waals surface area contributed by atoms with Crippen molar-refractivity contribution in [3.05, 3.63) is 48.5 Å². The number of ketones is 1. The van der Waals surface area contributed by atoms with E-state index in [0.29, 0.717) is 24.7 Å². The molecule has 0 saturated carbocycles. The molecule has 1 unspecified atom stereocenters. The molecule has 3 heterocycles. The molecule has 1 atom stereocenters. The van der Waals surface area contributed by atoms with E-state index in [2.05, 4.69) is 15.5 Å². The molecular formula is C24H29N3O2. The molecule has 152 valence electrons. The van der Waals surface area contributed by atoms with Gasteiger partial charge in [-0.15, -0.1) is 0 Å². The summed E-state index contributed by atoms with van der Waals surface area (Å²) in [5, 5.41) is 6.08. The smallest absolute Gasteiger partial charge is 0.221 e. The first-order valence-corrected chi connectivity index (χ1v) is 10.5. The highest BCUT2D eigenvalue weighted by Gasteiger charge is 2.34. The fourth-order valence-electron chi connectivity index (χ4n) is 4.64. The monoisotopic (exact) mass is 391 g/mol. The van der Waals surface area contributed by atoms with Crippen LogP contribution in [0.3, 0.4) is 0 Å². The topological polar surface area (TPSA) is 61.4 Å². The summed E-state index contributed by atoms with van der Waals surface area (Å²) in [6.45, 7) is 5.43. The summed E-state index contributed by atoms with van der Waals surface area (Å²) >= 11 is 0. The van der Waals surface area contributed by atoms with Crippen molar-refractivity contribution in [2.75, 3.05) is 36.8 Å². The fraction of sp³-hybridized carbons (Fsp3) is 0.417. The standard InChI is InChI=1S/C24H29N3O2/c1-17(28)26-23-4-2-3-20(13-23)18-5-7-22(8-6-18)25-15-24(29)14-21-16-27-11-9-19(21)10-12-27/h2-8,13,19,21,25H,9-12,14-16H2,1H3,(H,26,28). The third-order valence-corrected chi connectivity index (χ3v) is 6.17. The molecule has 2 N–H and O–H groups in total. The summed E-state index contributed by atoms with van der Waals surface area (Å²) in [5.74, 6) is 1.52. The van der Waals surface area contributed by atoms with E-state index < -0.39 is 0 Å². The first kappa shape index (κ1) is 19.6. The number of fused-ring (bicyclic) bond motifs is 3. The van der Waals surface area contributed by atoms with Gasteiger partial charge in [0.15, 0.2) is 5.78 Å². The maximum Gasteiger partial charge on any atom is 0.221 e. The molecule has 5 rings (SSSR count). The molecule has 5 nitrogen and oxygen atoms in total. The van der Waals surface area contributed by atoms with Gasteiger partial charge < -0.3 is 15.5 Å². The minimum atomic E-state index is -0.0791. The van der Waals surface area contributed by atoms with Crippen molar-refractivity contribution in [3.63, 3.8) is 0 Å². The number of nitrogens with zero attached hydrogens (tertiary/aromatic N) is 1. The number of benzene rings is 2. The minimum Gasteiger partial charge on any atom is -0.378 e. The van der Waals surface area contributed by atoms with Gasteiger partial charge in [0.25, 0.3) is 0 Å². The Morgan fingerprint density at radius 1 is 1.00 bits per heavy atom. The van der Waals surface area contributed by atoms with Crippen LogP contribution in [0.1, 0.15) is 26.2 Å². The number of hydrogen-bond donors (Lipinski definition) is 2. The maximum absolute atomic E-state index is 12.5. The molecule has 0 aliphatic carbocycles. The zero-order chi connectivity index (χ0) is 20.2. The highest BCUT2D eigenvalue weighted by atomic mass is 16.1. The molecule has 3 saturated heterocycles. The van der Waals surface area contributed by atoms with Crippen LogP contribution in [0.2, 0.25) is 0 Å². The van der Waals surface area contributed by atoms with E-state index in [1.807, 2.05) is 48.5 Å². The van der Waals surface area contributed by atoms with Crippen molar-refractivity contribution in [1.29, 1.82) is 0 Å². The van der Waals surface area contributed by atoms with Gasteiger partial charge in [0.1, 0.15) is 0 Å². The van der Waals surface area contributed by atoms with Gasteiger partial charge in [0.05, 0.1) is 6.54 Å². The summed E-state index contributed by atoms with van der Waals surface area (Å²) < 4.78 is 0. The summed E-state index contributed by atoms with van der Waals surface area (Å²) in [7, 11) is 0. The number of carbonyl (C=O) groups is 2. The largest absolute Gasteiger partial charge is 0.378 e. The first-order chi connectivity index (χ1) is 14.1. The van der Waals surface area contributed by atoms with Crippen molar-refractivity contribution in [2.45, 2.75) is 26.2 Å². The van der Waals surface area contributed by atoms with Gasteiger partial charge in [-0.25, -0.2) is 0 Å². The number of rotatable bonds is 7. The SMILES string of the molecule is CC(=O)Nc1cccc(-c2ccc(NCC(=O)CC3CN4CCC3CC4)cc2)c1. The van der Waals surface area contributed by atoms with Gasteiger partial charge in [0, 0.05) is 31.3 Å². The number of hydrogen-bond acceptors (Lipinski definition) is 4. The Labute approximate surface area is 172 Å². The molecule has 2 aromatic carbocycles. The Balaban J connectivity index is 1.30. The number of piperidine rings is 3. The van der Waals surface area contributed by atoms with Gasteiger partial charge in [-0.2, -0.15) is 0 Å². The quantitative estimate of drug-likeness (QED) is 0.748. The number of carbonyl (C=O) groups excluding carboxylic acids is 2. The van der Waals surface area contributed by atoms with Gasteiger partial charge >= 0.3 is 0 Å². The second-order valence-electron chi connectivity index (χ2n) is 8.33. The van der Waals surface area contributed by atoms with E-state index >= 15 is 0 Å². The fourth-order valence-corrected chi connectivity index (χ4v) is 4.64. The molecule has 2 aromatic rings. The summed E-state index contributed by atoms with van der Waals surface area (Å²) in [5.41, 5.74) is 3.85. The first-order valence-electron chi connectivity index (χ1n) is 10.5. The zero-order valence-corrected chi connectivity index (χ0v) is 17.0. The van der Waals surface area contributed by atoms with Crippen LogP contribution in [0.25, 0.3) is 11.1 Å². The highest BCUT2D eigenvalue weighted by Crippen LogP contribution is 2.34. The second kappa shape index (κ2) is 8.78. The minimum absolute atomic E-state index is 0.0791. The van der Waals surface area contributed by atoms with Crippen LogP contribution in [0, 0.1) is 11.8 Å². The lowest BCUT2D eigenvalue weighted by Crippen LogP contribution is -2.48. The lowest BCUT2D eigenvalue weighted by atomic mass is 9.77. The molecule has 0 radical (unpaired) electrons. The molecule has 5 heteroatoms. The van der Waals surface area contributed by atoms with Gasteiger partial charge in [0.2, 0.25) is 5.91 Å². The Morgan fingerprint density at radius 3 is 2.41 bits per heavy atom. The maximum atomic E-state index is 12.5. The van der Waals surface area contributed by atoms with Crippen molar-refractivity contribution >= 4 is 23.1 Å².